The summed E-state index contributed by atoms with van der Waals surface area (Å²) in [5.74, 6) is 0. The van der Waals surface area contributed by atoms with Gasteiger partial charge in [-0.3, -0.25) is 0 Å². The fraction of sp³-hybridized carbons (Fsp3) is 0.571. The lowest BCUT2D eigenvalue weighted by Gasteiger charge is -2.32. The zero-order valence-corrected chi connectivity index (χ0v) is 11.0. The lowest BCUT2D eigenvalue weighted by molar-refractivity contribution is -0.137. The Kier molecular flexibility index (Phi) is 4.34. The summed E-state index contributed by atoms with van der Waals surface area (Å²) in [5.41, 5.74) is -0.221. The van der Waals surface area contributed by atoms with E-state index >= 15 is 0 Å². The van der Waals surface area contributed by atoms with Gasteiger partial charge in [-0.2, -0.15) is 13.2 Å². The standard InChI is InChI=1S/C14H19F3N2/c1-2-9-19(11-7-8-18-10-11)13-6-4-3-5-12(13)14(15,16)17/h3-6,11,18H,2,7-10H2,1H3. The first-order chi connectivity index (χ1) is 9.04. The molecule has 1 fully saturated rings. The number of para-hydroxylation sites is 1. The molecule has 1 atom stereocenters. The van der Waals surface area contributed by atoms with Crippen LogP contribution in [0.2, 0.25) is 0 Å². The molecule has 2 nitrogen and oxygen atoms in total. The van der Waals surface area contributed by atoms with Crippen LogP contribution < -0.4 is 10.2 Å². The molecule has 1 aromatic rings. The van der Waals surface area contributed by atoms with Crippen LogP contribution in [-0.4, -0.2) is 25.7 Å². The summed E-state index contributed by atoms with van der Waals surface area (Å²) in [4.78, 5) is 1.91. The van der Waals surface area contributed by atoms with Crippen LogP contribution in [0.5, 0.6) is 0 Å². The Morgan fingerprint density at radius 1 is 1.32 bits per heavy atom. The lowest BCUT2D eigenvalue weighted by atomic mass is 10.1. The van der Waals surface area contributed by atoms with Crippen molar-refractivity contribution in [2.24, 2.45) is 0 Å². The molecule has 1 aliphatic heterocycles. The van der Waals surface area contributed by atoms with Crippen LogP contribution in [0, 0.1) is 0 Å². The average molecular weight is 272 g/mol. The molecular formula is C14H19F3N2. The molecule has 0 aromatic heterocycles. The Balaban J connectivity index is 2.35. The highest BCUT2D eigenvalue weighted by Crippen LogP contribution is 2.37. The van der Waals surface area contributed by atoms with Gasteiger partial charge in [0.2, 0.25) is 0 Å². The molecule has 1 N–H and O–H groups in total. The van der Waals surface area contributed by atoms with Crippen molar-refractivity contribution in [3.05, 3.63) is 29.8 Å². The largest absolute Gasteiger partial charge is 0.418 e. The molecule has 1 saturated heterocycles. The van der Waals surface area contributed by atoms with E-state index in [2.05, 4.69) is 5.32 Å². The second-order valence-corrected chi connectivity index (χ2v) is 4.85. The van der Waals surface area contributed by atoms with E-state index in [9.17, 15) is 13.2 Å². The number of hydrogen-bond acceptors (Lipinski definition) is 2. The van der Waals surface area contributed by atoms with Crippen LogP contribution >= 0.6 is 0 Å². The Bertz CT molecular complexity index is 411. The average Bonchev–Trinajstić information content (AvgIpc) is 2.88. The first kappa shape index (κ1) is 14.2. The van der Waals surface area contributed by atoms with Crippen molar-refractivity contribution >= 4 is 5.69 Å². The fourth-order valence-corrected chi connectivity index (χ4v) is 2.61. The van der Waals surface area contributed by atoms with Gasteiger partial charge in [-0.05, 0) is 31.5 Å². The fourth-order valence-electron chi connectivity index (χ4n) is 2.61. The number of hydrogen-bond donors (Lipinski definition) is 1. The topological polar surface area (TPSA) is 15.3 Å². The second kappa shape index (κ2) is 5.82. The third-order valence-electron chi connectivity index (χ3n) is 3.46. The summed E-state index contributed by atoms with van der Waals surface area (Å²) >= 11 is 0. The molecule has 1 aliphatic rings. The van der Waals surface area contributed by atoms with Gasteiger partial charge in [-0.1, -0.05) is 19.1 Å². The van der Waals surface area contributed by atoms with Crippen molar-refractivity contribution in [3.8, 4) is 0 Å². The lowest BCUT2D eigenvalue weighted by Crippen LogP contribution is -2.38. The molecule has 0 bridgehead atoms. The number of alkyl halides is 3. The van der Waals surface area contributed by atoms with E-state index in [4.69, 9.17) is 0 Å². The maximum atomic E-state index is 13.1. The van der Waals surface area contributed by atoms with E-state index in [0.29, 0.717) is 12.2 Å². The van der Waals surface area contributed by atoms with Crippen LogP contribution in [0.3, 0.4) is 0 Å². The number of halogens is 3. The molecule has 19 heavy (non-hydrogen) atoms. The smallest absolute Gasteiger partial charge is 0.367 e. The number of nitrogens with one attached hydrogen (secondary N) is 1. The van der Waals surface area contributed by atoms with Crippen LogP contribution in [0.25, 0.3) is 0 Å². The Morgan fingerprint density at radius 3 is 2.63 bits per heavy atom. The van der Waals surface area contributed by atoms with Crippen molar-refractivity contribution in [2.75, 3.05) is 24.5 Å². The molecule has 106 valence electrons. The van der Waals surface area contributed by atoms with E-state index in [1.165, 1.54) is 12.1 Å². The van der Waals surface area contributed by atoms with E-state index < -0.39 is 11.7 Å². The van der Waals surface area contributed by atoms with Crippen LogP contribution in [0.4, 0.5) is 18.9 Å². The number of rotatable bonds is 4. The van der Waals surface area contributed by atoms with E-state index in [0.717, 1.165) is 25.9 Å². The first-order valence-corrected chi connectivity index (χ1v) is 6.67. The maximum absolute atomic E-state index is 13.1. The second-order valence-electron chi connectivity index (χ2n) is 4.85. The highest BCUT2D eigenvalue weighted by atomic mass is 19.4. The molecule has 1 aromatic carbocycles. The molecule has 0 aliphatic carbocycles. The van der Waals surface area contributed by atoms with Gasteiger partial charge in [0.1, 0.15) is 0 Å². The molecule has 0 spiro atoms. The van der Waals surface area contributed by atoms with Crippen LogP contribution in [-0.2, 0) is 6.18 Å². The summed E-state index contributed by atoms with van der Waals surface area (Å²) < 4.78 is 39.3. The third-order valence-corrected chi connectivity index (χ3v) is 3.46. The normalized spacial score (nSPS) is 19.7. The predicted molar refractivity (Wildman–Crippen MR) is 70.4 cm³/mol. The third kappa shape index (κ3) is 3.21. The first-order valence-electron chi connectivity index (χ1n) is 6.67. The van der Waals surface area contributed by atoms with Crippen molar-refractivity contribution in [3.63, 3.8) is 0 Å². The minimum atomic E-state index is -4.30. The number of nitrogens with zero attached hydrogens (tertiary/aromatic N) is 1. The molecule has 5 heteroatoms. The Morgan fingerprint density at radius 2 is 2.05 bits per heavy atom. The number of benzene rings is 1. The van der Waals surface area contributed by atoms with Crippen molar-refractivity contribution in [1.29, 1.82) is 0 Å². The van der Waals surface area contributed by atoms with E-state index in [-0.39, 0.29) is 6.04 Å². The molecule has 0 radical (unpaired) electrons. The molecule has 0 saturated carbocycles. The van der Waals surface area contributed by atoms with E-state index in [1.54, 1.807) is 12.1 Å². The van der Waals surface area contributed by atoms with Crippen molar-refractivity contribution < 1.29 is 13.2 Å². The quantitative estimate of drug-likeness (QED) is 0.905. The van der Waals surface area contributed by atoms with Gasteiger partial charge in [-0.15, -0.1) is 0 Å². The maximum Gasteiger partial charge on any atom is 0.418 e. The summed E-state index contributed by atoms with van der Waals surface area (Å²) in [7, 11) is 0. The molecule has 1 unspecified atom stereocenters. The summed E-state index contributed by atoms with van der Waals surface area (Å²) in [6, 6.07) is 6.03. The Labute approximate surface area is 111 Å². The summed E-state index contributed by atoms with van der Waals surface area (Å²) in [6.45, 7) is 4.27. The number of anilines is 1. The van der Waals surface area contributed by atoms with Crippen LogP contribution in [0.15, 0.2) is 24.3 Å². The van der Waals surface area contributed by atoms with Crippen LogP contribution in [0.1, 0.15) is 25.3 Å². The zero-order valence-electron chi connectivity index (χ0n) is 11.0. The molecule has 1 heterocycles. The van der Waals surface area contributed by atoms with Crippen molar-refractivity contribution in [1.82, 2.24) is 5.32 Å². The van der Waals surface area contributed by atoms with Gasteiger partial charge in [0.05, 0.1) is 5.56 Å². The molecular weight excluding hydrogens is 253 g/mol. The highest BCUT2D eigenvalue weighted by Gasteiger charge is 2.36. The van der Waals surface area contributed by atoms with Gasteiger partial charge in [0.15, 0.2) is 0 Å². The minimum absolute atomic E-state index is 0.156. The summed E-state index contributed by atoms with van der Waals surface area (Å²) in [6.07, 6.45) is -2.57. The van der Waals surface area contributed by atoms with Gasteiger partial charge in [0.25, 0.3) is 0 Å². The SMILES string of the molecule is CCCN(c1ccccc1C(F)(F)F)C1CCNC1. The molecule has 0 amide bonds. The minimum Gasteiger partial charge on any atom is -0.367 e. The van der Waals surface area contributed by atoms with Gasteiger partial charge < -0.3 is 10.2 Å². The van der Waals surface area contributed by atoms with Gasteiger partial charge in [-0.25, -0.2) is 0 Å². The van der Waals surface area contributed by atoms with Gasteiger partial charge >= 0.3 is 6.18 Å². The Hall–Kier alpha value is -1.23. The van der Waals surface area contributed by atoms with Gasteiger partial charge in [0, 0.05) is 24.8 Å². The van der Waals surface area contributed by atoms with E-state index in [1.807, 2.05) is 11.8 Å². The summed E-state index contributed by atoms with van der Waals surface area (Å²) in [5, 5.41) is 3.22. The molecule has 2 rings (SSSR count). The van der Waals surface area contributed by atoms with Crippen molar-refractivity contribution in [2.45, 2.75) is 32.0 Å². The predicted octanol–water partition coefficient (Wildman–Crippen LogP) is 3.28. The zero-order chi connectivity index (χ0) is 13.9. The monoisotopic (exact) mass is 272 g/mol. The highest BCUT2D eigenvalue weighted by molar-refractivity contribution is 5.56.